The summed E-state index contributed by atoms with van der Waals surface area (Å²) in [7, 11) is 2.87. The molecule has 9 nitrogen and oxygen atoms in total. The Kier molecular flexibility index (Phi) is 4.94. The quantitative estimate of drug-likeness (QED) is 0.634. The van der Waals surface area contributed by atoms with E-state index in [1.54, 1.807) is 43.2 Å². The van der Waals surface area contributed by atoms with Crippen LogP contribution in [0, 0.1) is 6.92 Å². The maximum absolute atomic E-state index is 12.5. The second-order valence-corrected chi connectivity index (χ2v) is 6.42. The minimum absolute atomic E-state index is 0.116. The molecule has 0 aliphatic rings. The van der Waals surface area contributed by atoms with Gasteiger partial charge in [0.05, 0.1) is 35.7 Å². The van der Waals surface area contributed by atoms with Crippen molar-refractivity contribution < 1.29 is 18.7 Å². The highest BCUT2D eigenvalue weighted by molar-refractivity contribution is 9.10. The fourth-order valence-electron chi connectivity index (χ4n) is 2.48. The third-order valence-corrected chi connectivity index (χ3v) is 4.05. The van der Waals surface area contributed by atoms with E-state index < -0.39 is 11.9 Å². The van der Waals surface area contributed by atoms with Crippen LogP contribution in [-0.2, 0) is 18.3 Å². The molecule has 1 N–H and O–H groups in total. The summed E-state index contributed by atoms with van der Waals surface area (Å²) in [5.41, 5.74) is 0.944. The largest absolute Gasteiger partial charge is 0.464 e. The molecule has 26 heavy (non-hydrogen) atoms. The number of furan rings is 1. The molecule has 1 amide bonds. The summed E-state index contributed by atoms with van der Waals surface area (Å²) in [5.74, 6) is -0.390. The lowest BCUT2D eigenvalue weighted by molar-refractivity contribution is 0.0589. The van der Waals surface area contributed by atoms with Crippen LogP contribution in [0.3, 0.4) is 0 Å². The van der Waals surface area contributed by atoms with Gasteiger partial charge in [-0.2, -0.15) is 10.2 Å². The third-order valence-electron chi connectivity index (χ3n) is 3.64. The number of carbonyl (C=O) groups excluding carboxylic acids is 2. The van der Waals surface area contributed by atoms with Crippen LogP contribution in [0.5, 0.6) is 0 Å². The molecule has 3 heterocycles. The van der Waals surface area contributed by atoms with Crippen molar-refractivity contribution in [1.82, 2.24) is 19.6 Å². The van der Waals surface area contributed by atoms with Crippen LogP contribution >= 0.6 is 15.9 Å². The van der Waals surface area contributed by atoms with Crippen LogP contribution in [0.4, 0.5) is 5.69 Å². The van der Waals surface area contributed by atoms with Gasteiger partial charge in [-0.15, -0.1) is 0 Å². The number of esters is 1. The zero-order chi connectivity index (χ0) is 18.8. The maximum Gasteiger partial charge on any atom is 0.358 e. The van der Waals surface area contributed by atoms with Gasteiger partial charge in [0.1, 0.15) is 5.76 Å². The molecule has 3 aromatic rings. The van der Waals surface area contributed by atoms with Crippen LogP contribution in [0.1, 0.15) is 32.5 Å². The highest BCUT2D eigenvalue weighted by Crippen LogP contribution is 2.22. The van der Waals surface area contributed by atoms with Gasteiger partial charge in [0, 0.05) is 13.2 Å². The van der Waals surface area contributed by atoms with Crippen molar-refractivity contribution in [2.75, 3.05) is 12.4 Å². The van der Waals surface area contributed by atoms with Gasteiger partial charge < -0.3 is 14.5 Å². The lowest BCUT2D eigenvalue weighted by Crippen LogP contribution is -2.16. The zero-order valence-corrected chi connectivity index (χ0v) is 15.9. The van der Waals surface area contributed by atoms with Gasteiger partial charge in [0.15, 0.2) is 11.5 Å². The van der Waals surface area contributed by atoms with E-state index in [-0.39, 0.29) is 11.5 Å². The Hall–Kier alpha value is -2.88. The van der Waals surface area contributed by atoms with Crippen molar-refractivity contribution in [2.24, 2.45) is 7.05 Å². The first-order chi connectivity index (χ1) is 12.4. The molecule has 0 fully saturated rings. The molecule has 0 spiro atoms. The van der Waals surface area contributed by atoms with E-state index in [4.69, 9.17) is 9.15 Å². The number of amides is 1. The average Bonchev–Trinajstić information content (AvgIpc) is 3.28. The van der Waals surface area contributed by atoms with Gasteiger partial charge in [0.2, 0.25) is 0 Å². The Morgan fingerprint density at radius 1 is 1.38 bits per heavy atom. The number of rotatable bonds is 5. The smallest absolute Gasteiger partial charge is 0.358 e. The summed E-state index contributed by atoms with van der Waals surface area (Å²) in [6, 6.07) is 3.26. The first-order valence-electron chi connectivity index (χ1n) is 7.59. The number of aryl methyl sites for hydroxylation is 2. The number of anilines is 1. The molecule has 136 valence electrons. The average molecular weight is 422 g/mol. The van der Waals surface area contributed by atoms with Gasteiger partial charge in [-0.1, -0.05) is 0 Å². The zero-order valence-electron chi connectivity index (χ0n) is 14.3. The molecule has 10 heteroatoms. The Morgan fingerprint density at radius 2 is 2.15 bits per heavy atom. The number of hydrogen-bond acceptors (Lipinski definition) is 6. The van der Waals surface area contributed by atoms with E-state index in [1.165, 1.54) is 11.8 Å². The van der Waals surface area contributed by atoms with Gasteiger partial charge in [-0.05, 0) is 35.0 Å². The van der Waals surface area contributed by atoms with Gasteiger partial charge >= 0.3 is 5.97 Å². The van der Waals surface area contributed by atoms with Crippen molar-refractivity contribution in [3.8, 4) is 0 Å². The molecule has 0 radical (unpaired) electrons. The predicted octanol–water partition coefficient (Wildman–Crippen LogP) is 2.37. The van der Waals surface area contributed by atoms with Crippen molar-refractivity contribution in [2.45, 2.75) is 13.5 Å². The van der Waals surface area contributed by atoms with Crippen molar-refractivity contribution in [3.05, 3.63) is 51.9 Å². The topological polar surface area (TPSA) is 104 Å². The van der Waals surface area contributed by atoms with Gasteiger partial charge in [-0.25, -0.2) is 4.79 Å². The fraction of sp³-hybridized carbons (Fsp3) is 0.250. The third kappa shape index (κ3) is 3.54. The molecule has 0 bridgehead atoms. The van der Waals surface area contributed by atoms with Crippen LogP contribution in [0.15, 0.2) is 33.4 Å². The monoisotopic (exact) mass is 421 g/mol. The molecule has 0 saturated carbocycles. The van der Waals surface area contributed by atoms with Gasteiger partial charge in [0.25, 0.3) is 5.91 Å². The second kappa shape index (κ2) is 7.16. The first-order valence-corrected chi connectivity index (χ1v) is 8.38. The molecule has 0 aliphatic heterocycles. The molecular formula is C16H16BrN5O4. The standard InChI is InChI=1S/C16H16BrN5O4/c1-9-13(14(16(24)25-3)21(2)20-9)19-15(23)12-5-4-11(26-12)8-22-7-10(17)6-18-22/h4-7H,8H2,1-3H3,(H,19,23). The summed E-state index contributed by atoms with van der Waals surface area (Å²) in [6.07, 6.45) is 3.46. The van der Waals surface area contributed by atoms with Gasteiger partial charge in [-0.3, -0.25) is 14.2 Å². The Balaban J connectivity index is 1.78. The van der Waals surface area contributed by atoms with Crippen LogP contribution < -0.4 is 5.32 Å². The summed E-state index contributed by atoms with van der Waals surface area (Å²) in [5, 5.41) is 10.9. The first kappa shape index (κ1) is 17.9. The number of nitrogens with one attached hydrogen (secondary N) is 1. The van der Waals surface area contributed by atoms with E-state index in [0.717, 1.165) is 4.47 Å². The van der Waals surface area contributed by atoms with E-state index in [9.17, 15) is 9.59 Å². The maximum atomic E-state index is 12.5. The molecule has 0 saturated heterocycles. The summed E-state index contributed by atoms with van der Waals surface area (Å²) in [4.78, 5) is 24.4. The fourth-order valence-corrected chi connectivity index (χ4v) is 2.81. The number of hydrogen-bond donors (Lipinski definition) is 1. The summed E-state index contributed by atoms with van der Waals surface area (Å²) >= 11 is 3.32. The van der Waals surface area contributed by atoms with E-state index >= 15 is 0 Å². The number of halogens is 1. The predicted molar refractivity (Wildman–Crippen MR) is 95.0 cm³/mol. The normalized spacial score (nSPS) is 10.8. The Labute approximate surface area is 157 Å². The molecule has 0 atom stereocenters. The number of ether oxygens (including phenoxy) is 1. The minimum atomic E-state index is -0.590. The van der Waals surface area contributed by atoms with E-state index in [1.807, 2.05) is 0 Å². The summed E-state index contributed by atoms with van der Waals surface area (Å²) < 4.78 is 14.2. The highest BCUT2D eigenvalue weighted by Gasteiger charge is 2.23. The Bertz CT molecular complexity index is 971. The molecule has 0 unspecified atom stereocenters. The second-order valence-electron chi connectivity index (χ2n) is 5.50. The van der Waals surface area contributed by atoms with Crippen molar-refractivity contribution >= 4 is 33.5 Å². The Morgan fingerprint density at radius 3 is 2.81 bits per heavy atom. The van der Waals surface area contributed by atoms with Crippen LogP contribution in [0.2, 0.25) is 0 Å². The van der Waals surface area contributed by atoms with E-state index in [0.29, 0.717) is 23.7 Å². The van der Waals surface area contributed by atoms with Crippen molar-refractivity contribution in [3.63, 3.8) is 0 Å². The molecule has 0 aliphatic carbocycles. The van der Waals surface area contributed by atoms with E-state index in [2.05, 4.69) is 31.4 Å². The number of aromatic nitrogens is 4. The summed E-state index contributed by atoms with van der Waals surface area (Å²) in [6.45, 7) is 2.07. The van der Waals surface area contributed by atoms with Crippen LogP contribution in [-0.4, -0.2) is 38.5 Å². The lowest BCUT2D eigenvalue weighted by Gasteiger charge is -2.06. The molecule has 0 aromatic carbocycles. The SMILES string of the molecule is COC(=O)c1c(NC(=O)c2ccc(Cn3cc(Br)cn3)o2)c(C)nn1C. The van der Waals surface area contributed by atoms with Crippen molar-refractivity contribution in [1.29, 1.82) is 0 Å². The molecule has 3 rings (SSSR count). The number of nitrogens with zero attached hydrogens (tertiary/aromatic N) is 4. The molecular weight excluding hydrogens is 406 g/mol. The highest BCUT2D eigenvalue weighted by atomic mass is 79.9. The molecule has 3 aromatic heterocycles. The lowest BCUT2D eigenvalue weighted by atomic mass is 10.3. The number of methoxy groups -OCH3 is 1. The minimum Gasteiger partial charge on any atom is -0.464 e. The number of carbonyl (C=O) groups is 2. The van der Waals surface area contributed by atoms with Crippen LogP contribution in [0.25, 0.3) is 0 Å².